The molecular formula is C14H10ClFN3OY-. The number of benzene rings is 1. The molecule has 105 valence electrons. The predicted molar refractivity (Wildman–Crippen MR) is 74.1 cm³/mol. The van der Waals surface area contributed by atoms with E-state index in [1.807, 2.05) is 6.92 Å². The van der Waals surface area contributed by atoms with E-state index in [-0.39, 0.29) is 50.4 Å². The van der Waals surface area contributed by atoms with Crippen LogP contribution in [0.4, 0.5) is 15.9 Å². The van der Waals surface area contributed by atoms with Gasteiger partial charge in [0, 0.05) is 38.4 Å². The molecule has 4 nitrogen and oxygen atoms in total. The standard InChI is InChI=1S/C14H10ClFN3O.Y/c1-3-6-20-12-5-4-10(7-9(12)2)18-13-11(16)8-17-14(15)19-13;/h4-5,7-8H,6H2,2H3,(H,17,18,19);/q-1;. The Morgan fingerprint density at radius 1 is 1.48 bits per heavy atom. The van der Waals surface area contributed by atoms with Crippen molar-refractivity contribution in [2.45, 2.75) is 6.92 Å². The molecule has 0 bridgehead atoms. The fourth-order valence-electron chi connectivity index (χ4n) is 1.57. The maximum Gasteiger partial charge on any atom is 0.224 e. The van der Waals surface area contributed by atoms with Crippen LogP contribution in [0.25, 0.3) is 0 Å². The minimum atomic E-state index is -0.592. The van der Waals surface area contributed by atoms with Gasteiger partial charge in [0.2, 0.25) is 5.28 Å². The number of rotatable bonds is 4. The summed E-state index contributed by atoms with van der Waals surface area (Å²) < 4.78 is 18.8. The third-order valence-corrected chi connectivity index (χ3v) is 2.63. The van der Waals surface area contributed by atoms with Gasteiger partial charge in [-0.1, -0.05) is 0 Å². The molecule has 2 rings (SSSR count). The molecule has 0 atom stereocenters. The zero-order chi connectivity index (χ0) is 14.5. The monoisotopic (exact) mass is 379 g/mol. The quantitative estimate of drug-likeness (QED) is 0.503. The minimum Gasteiger partial charge on any atom is -0.690 e. The summed E-state index contributed by atoms with van der Waals surface area (Å²) >= 11 is 5.62. The summed E-state index contributed by atoms with van der Waals surface area (Å²) in [6.45, 7) is 1.93. The minimum absolute atomic E-state index is 0. The van der Waals surface area contributed by atoms with Crippen molar-refractivity contribution in [1.29, 1.82) is 0 Å². The first-order valence-corrected chi connectivity index (χ1v) is 6.06. The molecule has 21 heavy (non-hydrogen) atoms. The molecule has 0 spiro atoms. The van der Waals surface area contributed by atoms with E-state index in [1.165, 1.54) is 0 Å². The van der Waals surface area contributed by atoms with E-state index >= 15 is 0 Å². The van der Waals surface area contributed by atoms with Gasteiger partial charge in [-0.25, -0.2) is 9.37 Å². The average Bonchev–Trinajstić information content (AvgIpc) is 2.42. The second kappa shape index (κ2) is 8.28. The molecule has 1 radical (unpaired) electrons. The Kier molecular flexibility index (Phi) is 7.03. The van der Waals surface area contributed by atoms with Crippen molar-refractivity contribution in [1.82, 2.24) is 9.97 Å². The van der Waals surface area contributed by atoms with Gasteiger partial charge >= 0.3 is 0 Å². The first-order valence-electron chi connectivity index (χ1n) is 5.68. The van der Waals surface area contributed by atoms with E-state index in [9.17, 15) is 4.39 Å². The Hall–Kier alpha value is -1.22. The van der Waals surface area contributed by atoms with Gasteiger partial charge in [-0.2, -0.15) is 4.98 Å². The number of hydrogen-bond donors (Lipinski definition) is 1. The molecular weight excluding hydrogens is 370 g/mol. The van der Waals surface area contributed by atoms with Crippen molar-refractivity contribution in [3.8, 4) is 11.7 Å². The van der Waals surface area contributed by atoms with Crippen LogP contribution in [0.2, 0.25) is 5.28 Å². The smallest absolute Gasteiger partial charge is 0.224 e. The van der Waals surface area contributed by atoms with Crippen LogP contribution in [0.5, 0.6) is 5.75 Å². The number of anilines is 2. The summed E-state index contributed by atoms with van der Waals surface area (Å²) in [6.07, 6.45) is 7.80. The first-order chi connectivity index (χ1) is 9.60. The van der Waals surface area contributed by atoms with Gasteiger partial charge in [0.25, 0.3) is 0 Å². The fourth-order valence-corrected chi connectivity index (χ4v) is 1.71. The second-order valence-electron chi connectivity index (χ2n) is 3.91. The van der Waals surface area contributed by atoms with E-state index in [4.69, 9.17) is 22.8 Å². The molecule has 0 aliphatic rings. The van der Waals surface area contributed by atoms with Crippen LogP contribution in [0, 0.1) is 25.1 Å². The van der Waals surface area contributed by atoms with Crippen molar-refractivity contribution >= 4 is 23.1 Å². The van der Waals surface area contributed by atoms with Gasteiger partial charge in [-0.15, -0.1) is 0 Å². The molecule has 0 saturated carbocycles. The third-order valence-electron chi connectivity index (χ3n) is 2.45. The topological polar surface area (TPSA) is 47.0 Å². The summed E-state index contributed by atoms with van der Waals surface area (Å²) in [7, 11) is 0. The zero-order valence-corrected chi connectivity index (χ0v) is 14.7. The van der Waals surface area contributed by atoms with E-state index in [0.717, 1.165) is 11.8 Å². The number of nitrogens with one attached hydrogen (secondary N) is 1. The summed E-state index contributed by atoms with van der Waals surface area (Å²) in [5, 5.41) is 2.78. The number of ether oxygens (including phenoxy) is 1. The number of aryl methyl sites for hydroxylation is 1. The molecule has 0 fully saturated rings. The van der Waals surface area contributed by atoms with E-state index in [0.29, 0.717) is 11.4 Å². The number of hydrogen-bond acceptors (Lipinski definition) is 4. The Labute approximate surface area is 152 Å². The molecule has 7 heteroatoms. The van der Waals surface area contributed by atoms with Gasteiger partial charge in [0.05, 0.1) is 6.20 Å². The summed E-state index contributed by atoms with van der Waals surface area (Å²) in [6, 6.07) is 5.20. The van der Waals surface area contributed by atoms with Gasteiger partial charge in [0.1, 0.15) is 12.4 Å². The van der Waals surface area contributed by atoms with Gasteiger partial charge in [0.15, 0.2) is 11.6 Å². The number of aromatic nitrogens is 2. The SMILES string of the molecule is [C-]#CCOc1ccc(Nc2nc(Cl)ncc2F)cc1C.[Y]. The Bertz CT molecular complexity index is 676. The Morgan fingerprint density at radius 2 is 2.24 bits per heavy atom. The maximum absolute atomic E-state index is 13.5. The van der Waals surface area contributed by atoms with Crippen LogP contribution >= 0.6 is 11.6 Å². The molecule has 0 amide bonds. The third kappa shape index (κ3) is 4.92. The first kappa shape index (κ1) is 17.8. The Morgan fingerprint density at radius 3 is 2.90 bits per heavy atom. The molecule has 1 aromatic heterocycles. The van der Waals surface area contributed by atoms with Gasteiger partial charge in [-0.05, 0) is 42.3 Å². The van der Waals surface area contributed by atoms with Crippen molar-refractivity contribution < 1.29 is 41.8 Å². The van der Waals surface area contributed by atoms with E-state index in [1.54, 1.807) is 18.2 Å². The van der Waals surface area contributed by atoms with Crippen molar-refractivity contribution in [2.24, 2.45) is 0 Å². The summed E-state index contributed by atoms with van der Waals surface area (Å²) in [5.74, 6) is 2.19. The van der Waals surface area contributed by atoms with Crippen LogP contribution in [-0.2, 0) is 32.7 Å². The summed E-state index contributed by atoms with van der Waals surface area (Å²) in [4.78, 5) is 7.31. The van der Waals surface area contributed by atoms with Crippen LogP contribution in [0.3, 0.4) is 0 Å². The molecule has 1 heterocycles. The van der Waals surface area contributed by atoms with Crippen LogP contribution in [-0.4, -0.2) is 16.6 Å². The van der Waals surface area contributed by atoms with Gasteiger partial charge in [-0.3, -0.25) is 0 Å². The molecule has 2 aromatic rings. The normalized spacial score (nSPS) is 9.43. The van der Waals surface area contributed by atoms with Crippen molar-refractivity contribution in [3.05, 3.63) is 47.5 Å². The van der Waals surface area contributed by atoms with Crippen LogP contribution in [0.15, 0.2) is 24.4 Å². The second-order valence-corrected chi connectivity index (χ2v) is 4.24. The molecule has 1 aromatic carbocycles. The molecule has 1 N–H and O–H groups in total. The summed E-state index contributed by atoms with van der Waals surface area (Å²) in [5.41, 5.74) is 1.48. The average molecular weight is 380 g/mol. The molecule has 0 unspecified atom stereocenters. The van der Waals surface area contributed by atoms with Crippen molar-refractivity contribution in [2.75, 3.05) is 11.9 Å². The van der Waals surface area contributed by atoms with Crippen LogP contribution in [0.1, 0.15) is 5.56 Å². The van der Waals surface area contributed by atoms with Crippen molar-refractivity contribution in [3.63, 3.8) is 0 Å². The predicted octanol–water partition coefficient (Wildman–Crippen LogP) is 3.29. The van der Waals surface area contributed by atoms with E-state index < -0.39 is 5.82 Å². The van der Waals surface area contributed by atoms with E-state index in [2.05, 4.69) is 21.2 Å². The zero-order valence-electron chi connectivity index (χ0n) is 11.2. The molecule has 0 saturated heterocycles. The molecule has 0 aliphatic carbocycles. The Balaban J connectivity index is 0.00000220. The number of nitrogens with zero attached hydrogens (tertiary/aromatic N) is 2. The fraction of sp³-hybridized carbons (Fsp3) is 0.143. The number of halogens is 2. The largest absolute Gasteiger partial charge is 0.690 e. The molecule has 0 aliphatic heterocycles. The van der Waals surface area contributed by atoms with Crippen LogP contribution < -0.4 is 10.1 Å². The maximum atomic E-state index is 13.5. The van der Waals surface area contributed by atoms with Gasteiger partial charge < -0.3 is 22.4 Å².